The highest BCUT2D eigenvalue weighted by molar-refractivity contribution is 7.13. The molecule has 120 valence electrons. The van der Waals surface area contributed by atoms with Gasteiger partial charge in [0.2, 0.25) is 5.91 Å². The summed E-state index contributed by atoms with van der Waals surface area (Å²) < 4.78 is 5.30. The summed E-state index contributed by atoms with van der Waals surface area (Å²) in [6, 6.07) is 10.4. The fourth-order valence-corrected chi connectivity index (χ4v) is 2.84. The molecule has 1 amide bonds. The molecule has 2 heterocycles. The number of furan rings is 1. The molecule has 0 aliphatic heterocycles. The van der Waals surface area contributed by atoms with Crippen LogP contribution in [0.2, 0.25) is 0 Å². The van der Waals surface area contributed by atoms with Crippen LogP contribution in [-0.2, 0) is 4.79 Å². The molecule has 1 N–H and O–H groups in total. The van der Waals surface area contributed by atoms with Crippen LogP contribution in [0.4, 0.5) is 5.69 Å². The Morgan fingerprint density at radius 3 is 2.88 bits per heavy atom. The fraction of sp³-hybridized carbons (Fsp3) is 0.0556. The second kappa shape index (κ2) is 7.06. The number of hydrogen-bond acceptors (Lipinski definition) is 5. The van der Waals surface area contributed by atoms with E-state index in [1.54, 1.807) is 42.7 Å². The molecule has 3 rings (SSSR count). The molecule has 0 saturated heterocycles. The zero-order chi connectivity index (χ0) is 16.9. The first kappa shape index (κ1) is 15.9. The van der Waals surface area contributed by atoms with Crippen molar-refractivity contribution in [3.63, 3.8) is 0 Å². The number of thiazole rings is 1. The summed E-state index contributed by atoms with van der Waals surface area (Å²) in [5.41, 5.74) is 1.78. The third-order valence-corrected chi connectivity index (χ3v) is 4.00. The quantitative estimate of drug-likeness (QED) is 0.557. The Hall–Kier alpha value is -2.99. The molecule has 0 aliphatic carbocycles. The van der Waals surface area contributed by atoms with Gasteiger partial charge in [0.05, 0.1) is 12.0 Å². The molecule has 0 bridgehead atoms. The van der Waals surface area contributed by atoms with E-state index in [1.165, 1.54) is 24.3 Å². The predicted octanol–water partition coefficient (Wildman–Crippen LogP) is 4.26. The number of carbonyl (C=O) groups excluding carboxylic acids is 2. The van der Waals surface area contributed by atoms with Gasteiger partial charge in [-0.3, -0.25) is 9.59 Å². The first-order valence-corrected chi connectivity index (χ1v) is 8.09. The average Bonchev–Trinajstić information content (AvgIpc) is 3.23. The second-order valence-electron chi connectivity index (χ2n) is 5.01. The molecule has 0 radical (unpaired) electrons. The maximum Gasteiger partial charge on any atom is 0.221 e. The molecule has 0 aliphatic rings. The van der Waals surface area contributed by atoms with E-state index in [-0.39, 0.29) is 11.7 Å². The van der Waals surface area contributed by atoms with Crippen molar-refractivity contribution in [3.05, 3.63) is 65.4 Å². The third kappa shape index (κ3) is 3.85. The molecule has 6 heteroatoms. The first-order chi connectivity index (χ1) is 11.6. The normalized spacial score (nSPS) is 10.9. The number of allylic oxidation sites excluding steroid dienone is 1. The number of benzene rings is 1. The summed E-state index contributed by atoms with van der Waals surface area (Å²) in [6.07, 6.45) is 4.72. The number of nitrogens with one attached hydrogen (secondary N) is 1. The molecule has 24 heavy (non-hydrogen) atoms. The lowest BCUT2D eigenvalue weighted by molar-refractivity contribution is -0.114. The van der Waals surface area contributed by atoms with E-state index in [2.05, 4.69) is 10.3 Å². The van der Waals surface area contributed by atoms with E-state index in [0.717, 1.165) is 5.01 Å². The Bertz CT molecular complexity index is 895. The lowest BCUT2D eigenvalue weighted by Crippen LogP contribution is -2.06. The van der Waals surface area contributed by atoms with Gasteiger partial charge in [0.15, 0.2) is 16.6 Å². The van der Waals surface area contributed by atoms with Crippen LogP contribution in [0.15, 0.2) is 58.5 Å². The molecular formula is C18H14N2O3S. The number of hydrogen-bond donors (Lipinski definition) is 1. The molecule has 0 spiro atoms. The standard InChI is InChI=1S/C18H14N2O3S/c1-12(21)19-14-5-2-4-13(10-14)16(22)8-7-15-11-24-18(20-15)17-6-3-9-23-17/h2-11H,1H3,(H,19,21)/b8-7-. The minimum atomic E-state index is -0.178. The zero-order valence-electron chi connectivity index (χ0n) is 12.9. The molecule has 0 fully saturated rings. The minimum Gasteiger partial charge on any atom is -0.462 e. The number of carbonyl (C=O) groups is 2. The molecule has 0 atom stereocenters. The number of nitrogens with zero attached hydrogens (tertiary/aromatic N) is 1. The lowest BCUT2D eigenvalue weighted by atomic mass is 10.1. The van der Waals surface area contributed by atoms with Crippen LogP contribution in [0.5, 0.6) is 0 Å². The van der Waals surface area contributed by atoms with Crippen molar-refractivity contribution in [3.8, 4) is 10.8 Å². The highest BCUT2D eigenvalue weighted by atomic mass is 32.1. The van der Waals surface area contributed by atoms with Crippen LogP contribution in [0, 0.1) is 0 Å². The molecule has 0 saturated carbocycles. The van der Waals surface area contributed by atoms with E-state index < -0.39 is 0 Å². The van der Waals surface area contributed by atoms with Gasteiger partial charge >= 0.3 is 0 Å². The lowest BCUT2D eigenvalue weighted by Gasteiger charge is -2.03. The zero-order valence-corrected chi connectivity index (χ0v) is 13.7. The Balaban J connectivity index is 1.72. The number of amides is 1. The van der Waals surface area contributed by atoms with E-state index in [1.807, 2.05) is 11.4 Å². The van der Waals surface area contributed by atoms with Gasteiger partial charge in [0, 0.05) is 23.6 Å². The van der Waals surface area contributed by atoms with Crippen molar-refractivity contribution < 1.29 is 14.0 Å². The van der Waals surface area contributed by atoms with Crippen molar-refractivity contribution >= 4 is 34.8 Å². The maximum absolute atomic E-state index is 12.2. The average molecular weight is 338 g/mol. The van der Waals surface area contributed by atoms with Gasteiger partial charge in [-0.1, -0.05) is 12.1 Å². The molecule has 5 nitrogen and oxygen atoms in total. The van der Waals surface area contributed by atoms with E-state index in [9.17, 15) is 9.59 Å². The maximum atomic E-state index is 12.2. The predicted molar refractivity (Wildman–Crippen MR) is 93.9 cm³/mol. The molecule has 0 unspecified atom stereocenters. The smallest absolute Gasteiger partial charge is 0.221 e. The van der Waals surface area contributed by atoms with Crippen LogP contribution < -0.4 is 5.32 Å². The molecule has 2 aromatic heterocycles. The minimum absolute atomic E-state index is 0.158. The Morgan fingerprint density at radius 1 is 1.25 bits per heavy atom. The highest BCUT2D eigenvalue weighted by Gasteiger charge is 2.07. The molecular weight excluding hydrogens is 324 g/mol. The van der Waals surface area contributed by atoms with Crippen molar-refractivity contribution in [2.24, 2.45) is 0 Å². The Labute approximate surface area is 142 Å². The monoisotopic (exact) mass is 338 g/mol. The topological polar surface area (TPSA) is 72.2 Å². The van der Waals surface area contributed by atoms with Gasteiger partial charge in [-0.25, -0.2) is 4.98 Å². The van der Waals surface area contributed by atoms with Crippen LogP contribution in [0.3, 0.4) is 0 Å². The number of ketones is 1. The number of anilines is 1. The van der Waals surface area contributed by atoms with Crippen LogP contribution in [0.1, 0.15) is 23.0 Å². The van der Waals surface area contributed by atoms with Crippen molar-refractivity contribution in [2.45, 2.75) is 6.92 Å². The number of rotatable bonds is 5. The summed E-state index contributed by atoms with van der Waals surface area (Å²) in [6.45, 7) is 1.42. The van der Waals surface area contributed by atoms with Gasteiger partial charge in [0.25, 0.3) is 0 Å². The van der Waals surface area contributed by atoms with Crippen molar-refractivity contribution in [1.82, 2.24) is 4.98 Å². The summed E-state index contributed by atoms with van der Waals surface area (Å²) in [5.74, 6) is 0.367. The van der Waals surface area contributed by atoms with Crippen LogP contribution >= 0.6 is 11.3 Å². The fourth-order valence-electron chi connectivity index (χ4n) is 2.09. The Kier molecular flexibility index (Phi) is 4.67. The van der Waals surface area contributed by atoms with Gasteiger partial charge < -0.3 is 9.73 Å². The van der Waals surface area contributed by atoms with Crippen LogP contribution in [-0.4, -0.2) is 16.7 Å². The van der Waals surface area contributed by atoms with Gasteiger partial charge in [0.1, 0.15) is 0 Å². The van der Waals surface area contributed by atoms with Crippen molar-refractivity contribution in [2.75, 3.05) is 5.32 Å². The summed E-state index contributed by atoms with van der Waals surface area (Å²) in [4.78, 5) is 27.7. The third-order valence-electron chi connectivity index (χ3n) is 3.13. The first-order valence-electron chi connectivity index (χ1n) is 7.21. The highest BCUT2D eigenvalue weighted by Crippen LogP contribution is 2.24. The van der Waals surface area contributed by atoms with Gasteiger partial charge in [-0.15, -0.1) is 11.3 Å². The van der Waals surface area contributed by atoms with E-state index in [0.29, 0.717) is 22.7 Å². The second-order valence-corrected chi connectivity index (χ2v) is 5.87. The SMILES string of the molecule is CC(=O)Nc1cccc(C(=O)/C=C\c2csc(-c3ccco3)n2)c1. The van der Waals surface area contributed by atoms with Crippen molar-refractivity contribution in [1.29, 1.82) is 0 Å². The Morgan fingerprint density at radius 2 is 2.12 bits per heavy atom. The van der Waals surface area contributed by atoms with Gasteiger partial charge in [-0.05, 0) is 36.4 Å². The van der Waals surface area contributed by atoms with E-state index >= 15 is 0 Å². The van der Waals surface area contributed by atoms with E-state index in [4.69, 9.17) is 4.42 Å². The summed E-state index contributed by atoms with van der Waals surface area (Å²) in [7, 11) is 0. The molecule has 3 aromatic rings. The summed E-state index contributed by atoms with van der Waals surface area (Å²) in [5, 5.41) is 5.28. The van der Waals surface area contributed by atoms with Crippen LogP contribution in [0.25, 0.3) is 16.8 Å². The number of aromatic nitrogens is 1. The molecule has 1 aromatic carbocycles. The van der Waals surface area contributed by atoms with Gasteiger partial charge in [-0.2, -0.15) is 0 Å². The summed E-state index contributed by atoms with van der Waals surface area (Å²) >= 11 is 1.45. The largest absolute Gasteiger partial charge is 0.462 e.